The number of amides is 1. The first-order valence-electron chi connectivity index (χ1n) is 9.33. The van der Waals surface area contributed by atoms with E-state index in [1.165, 1.54) is 18.9 Å². The summed E-state index contributed by atoms with van der Waals surface area (Å²) in [5.74, 6) is 3.26. The number of benzene rings is 2. The summed E-state index contributed by atoms with van der Waals surface area (Å²) in [5.41, 5.74) is 0.570. The largest absolute Gasteiger partial charge is 0.497 e. The van der Waals surface area contributed by atoms with Crippen LogP contribution in [-0.2, 0) is 18.4 Å². The van der Waals surface area contributed by atoms with Gasteiger partial charge in [-0.1, -0.05) is 11.8 Å². The molecule has 2 aromatic carbocycles. The van der Waals surface area contributed by atoms with Gasteiger partial charge >= 0.3 is 0 Å². The summed E-state index contributed by atoms with van der Waals surface area (Å²) in [4.78, 5) is 12.4. The molecule has 10 heteroatoms. The van der Waals surface area contributed by atoms with Gasteiger partial charge < -0.3 is 28.8 Å². The molecule has 0 saturated heterocycles. The highest BCUT2D eigenvalue weighted by molar-refractivity contribution is 7.99. The second-order valence-electron chi connectivity index (χ2n) is 6.33. The monoisotopic (exact) mass is 444 g/mol. The molecule has 1 aromatic heterocycles. The molecule has 31 heavy (non-hydrogen) atoms. The van der Waals surface area contributed by atoms with Crippen LogP contribution in [0.2, 0.25) is 0 Å². The van der Waals surface area contributed by atoms with Crippen LogP contribution in [0.4, 0.5) is 5.69 Å². The van der Waals surface area contributed by atoms with Crippen molar-refractivity contribution in [2.75, 3.05) is 32.4 Å². The number of carbonyl (C=O) groups excluding carboxylic acids is 1. The number of methoxy groups -OCH3 is 3. The van der Waals surface area contributed by atoms with Gasteiger partial charge in [-0.2, -0.15) is 0 Å². The van der Waals surface area contributed by atoms with Gasteiger partial charge in [0.15, 0.2) is 11.0 Å². The van der Waals surface area contributed by atoms with Crippen LogP contribution in [0.1, 0.15) is 5.82 Å². The van der Waals surface area contributed by atoms with E-state index in [2.05, 4.69) is 15.5 Å². The Hall–Kier alpha value is -3.40. The minimum absolute atomic E-state index is 0.167. The molecule has 0 saturated carbocycles. The van der Waals surface area contributed by atoms with Crippen LogP contribution in [0.3, 0.4) is 0 Å². The Morgan fingerprint density at radius 2 is 1.65 bits per heavy atom. The van der Waals surface area contributed by atoms with E-state index < -0.39 is 0 Å². The van der Waals surface area contributed by atoms with Gasteiger partial charge in [0.1, 0.15) is 29.6 Å². The van der Waals surface area contributed by atoms with Crippen LogP contribution < -0.4 is 24.3 Å². The second-order valence-corrected chi connectivity index (χ2v) is 7.27. The number of carbonyl (C=O) groups is 1. The molecule has 0 aliphatic rings. The van der Waals surface area contributed by atoms with Gasteiger partial charge in [-0.25, -0.2) is 0 Å². The Balaban J connectivity index is 1.54. The predicted molar refractivity (Wildman–Crippen MR) is 117 cm³/mol. The Morgan fingerprint density at radius 3 is 2.32 bits per heavy atom. The third kappa shape index (κ3) is 5.82. The third-order valence-corrected chi connectivity index (χ3v) is 5.39. The van der Waals surface area contributed by atoms with Gasteiger partial charge in [0.05, 0.1) is 32.8 Å². The van der Waals surface area contributed by atoms with Gasteiger partial charge in [0, 0.05) is 13.1 Å². The van der Waals surface area contributed by atoms with E-state index in [1.54, 1.807) is 37.0 Å². The number of anilines is 1. The molecule has 0 spiro atoms. The van der Waals surface area contributed by atoms with Crippen molar-refractivity contribution in [3.8, 4) is 23.0 Å². The normalized spacial score (nSPS) is 10.5. The molecule has 164 valence electrons. The smallest absolute Gasteiger partial charge is 0.234 e. The van der Waals surface area contributed by atoms with E-state index in [0.29, 0.717) is 33.9 Å². The SMILES string of the molecule is COc1ccc(OCc2nnc(SCC(=O)Nc3ccc(OC)cc3OC)n2C)cc1. The Bertz CT molecular complexity index is 1020. The van der Waals surface area contributed by atoms with Crippen molar-refractivity contribution in [3.63, 3.8) is 0 Å². The number of thioether (sulfide) groups is 1. The number of hydrogen-bond acceptors (Lipinski definition) is 8. The zero-order valence-electron chi connectivity index (χ0n) is 17.7. The van der Waals surface area contributed by atoms with Gasteiger partial charge in [-0.05, 0) is 36.4 Å². The molecule has 0 bridgehead atoms. The first-order valence-corrected chi connectivity index (χ1v) is 10.3. The highest BCUT2D eigenvalue weighted by Crippen LogP contribution is 2.29. The summed E-state index contributed by atoms with van der Waals surface area (Å²) in [6.45, 7) is 0.256. The minimum Gasteiger partial charge on any atom is -0.497 e. The van der Waals surface area contributed by atoms with E-state index in [1.807, 2.05) is 31.3 Å². The molecule has 1 N–H and O–H groups in total. The van der Waals surface area contributed by atoms with Crippen LogP contribution in [-0.4, -0.2) is 47.8 Å². The number of rotatable bonds is 10. The van der Waals surface area contributed by atoms with Crippen molar-refractivity contribution in [2.45, 2.75) is 11.8 Å². The van der Waals surface area contributed by atoms with E-state index >= 15 is 0 Å². The van der Waals surface area contributed by atoms with Gasteiger partial charge in [-0.3, -0.25) is 4.79 Å². The van der Waals surface area contributed by atoms with E-state index in [9.17, 15) is 4.79 Å². The highest BCUT2D eigenvalue weighted by atomic mass is 32.2. The lowest BCUT2D eigenvalue weighted by Gasteiger charge is -2.11. The van der Waals surface area contributed by atoms with Gasteiger partial charge in [0.25, 0.3) is 0 Å². The quantitative estimate of drug-likeness (QED) is 0.477. The average molecular weight is 445 g/mol. The molecular weight excluding hydrogens is 420 g/mol. The van der Waals surface area contributed by atoms with E-state index in [4.69, 9.17) is 18.9 Å². The highest BCUT2D eigenvalue weighted by Gasteiger charge is 2.14. The fourth-order valence-electron chi connectivity index (χ4n) is 2.63. The van der Waals surface area contributed by atoms with Gasteiger partial charge in [0.2, 0.25) is 5.91 Å². The second kappa shape index (κ2) is 10.6. The van der Waals surface area contributed by atoms with Crippen LogP contribution >= 0.6 is 11.8 Å². The van der Waals surface area contributed by atoms with E-state index in [0.717, 1.165) is 5.75 Å². The summed E-state index contributed by atoms with van der Waals surface area (Å²) in [6, 6.07) is 12.5. The predicted octanol–water partition coefficient (Wildman–Crippen LogP) is 3.15. The fourth-order valence-corrected chi connectivity index (χ4v) is 3.36. The number of aromatic nitrogens is 3. The molecule has 0 unspecified atom stereocenters. The maximum atomic E-state index is 12.4. The molecule has 1 heterocycles. The lowest BCUT2D eigenvalue weighted by molar-refractivity contribution is -0.113. The molecule has 0 fully saturated rings. The van der Waals surface area contributed by atoms with Crippen molar-refractivity contribution < 1.29 is 23.7 Å². The average Bonchev–Trinajstić information content (AvgIpc) is 3.16. The minimum atomic E-state index is -0.188. The zero-order valence-corrected chi connectivity index (χ0v) is 18.6. The summed E-state index contributed by atoms with van der Waals surface area (Å²) >= 11 is 1.28. The zero-order chi connectivity index (χ0) is 22.2. The summed E-state index contributed by atoms with van der Waals surface area (Å²) in [7, 11) is 6.55. The first-order chi connectivity index (χ1) is 15.0. The molecule has 3 aromatic rings. The lowest BCUT2D eigenvalue weighted by atomic mass is 10.2. The number of hydrogen-bond donors (Lipinski definition) is 1. The number of nitrogens with one attached hydrogen (secondary N) is 1. The summed E-state index contributed by atoms with van der Waals surface area (Å²) < 4.78 is 23.1. The topological polar surface area (TPSA) is 96.7 Å². The van der Waals surface area contributed by atoms with Gasteiger partial charge in [-0.15, -0.1) is 10.2 Å². The lowest BCUT2D eigenvalue weighted by Crippen LogP contribution is -2.15. The Labute approximate surface area is 184 Å². The third-order valence-electron chi connectivity index (χ3n) is 4.37. The Kier molecular flexibility index (Phi) is 7.60. The molecule has 0 aliphatic heterocycles. The molecule has 0 aliphatic carbocycles. The molecule has 3 rings (SSSR count). The molecule has 1 amide bonds. The molecule has 0 atom stereocenters. The van der Waals surface area contributed by atoms with Crippen molar-refractivity contribution in [2.24, 2.45) is 7.05 Å². The van der Waals surface area contributed by atoms with Crippen LogP contribution in [0.15, 0.2) is 47.6 Å². The van der Waals surface area contributed by atoms with Crippen LogP contribution in [0.25, 0.3) is 0 Å². The van der Waals surface area contributed by atoms with Crippen molar-refractivity contribution in [3.05, 3.63) is 48.3 Å². The number of nitrogens with zero attached hydrogens (tertiary/aromatic N) is 3. The molecule has 0 radical (unpaired) electrons. The summed E-state index contributed by atoms with van der Waals surface area (Å²) in [6.07, 6.45) is 0. The van der Waals surface area contributed by atoms with Crippen LogP contribution in [0.5, 0.6) is 23.0 Å². The number of ether oxygens (including phenoxy) is 4. The first kappa shape index (κ1) is 22.3. The molecular formula is C21H24N4O5S. The van der Waals surface area contributed by atoms with E-state index in [-0.39, 0.29) is 18.3 Å². The van der Waals surface area contributed by atoms with Crippen molar-refractivity contribution >= 4 is 23.4 Å². The van der Waals surface area contributed by atoms with Crippen molar-refractivity contribution in [1.82, 2.24) is 14.8 Å². The fraction of sp³-hybridized carbons (Fsp3) is 0.286. The molecule has 9 nitrogen and oxygen atoms in total. The maximum absolute atomic E-state index is 12.4. The van der Waals surface area contributed by atoms with Crippen molar-refractivity contribution in [1.29, 1.82) is 0 Å². The summed E-state index contributed by atoms with van der Waals surface area (Å²) in [5, 5.41) is 11.7. The maximum Gasteiger partial charge on any atom is 0.234 e. The standard InChI is InChI=1S/C21H24N4O5S/c1-25-19(12-30-15-7-5-14(27-2)6-8-15)23-24-21(25)31-13-20(26)22-17-10-9-16(28-3)11-18(17)29-4/h5-11H,12-13H2,1-4H3,(H,22,26). The Morgan fingerprint density at radius 1 is 0.968 bits per heavy atom. The van der Waals surface area contributed by atoms with Crippen LogP contribution in [0, 0.1) is 0 Å².